The van der Waals surface area contributed by atoms with E-state index in [1.807, 2.05) is 20.8 Å². The summed E-state index contributed by atoms with van der Waals surface area (Å²) < 4.78 is 0. The van der Waals surface area contributed by atoms with Gasteiger partial charge in [-0.15, -0.1) is 0 Å². The van der Waals surface area contributed by atoms with Crippen molar-refractivity contribution in [2.45, 2.75) is 52.1 Å². The number of nitrogens with one attached hydrogen (secondary N) is 2. The minimum absolute atomic E-state index is 0.0520. The first kappa shape index (κ1) is 15.0. The van der Waals surface area contributed by atoms with Gasteiger partial charge in [0.25, 0.3) is 0 Å². The van der Waals surface area contributed by atoms with Crippen molar-refractivity contribution >= 4 is 11.8 Å². The molecule has 5 heteroatoms. The Morgan fingerprint density at radius 2 is 2.11 bits per heavy atom. The second kappa shape index (κ2) is 7.36. The van der Waals surface area contributed by atoms with Crippen molar-refractivity contribution in [3.05, 3.63) is 0 Å². The molecule has 1 fully saturated rings. The molecule has 0 aromatic rings. The number of carbonyl (C=O) groups excluding carboxylic acids is 2. The molecule has 1 aliphatic heterocycles. The number of nitrogens with zero attached hydrogens (tertiary/aromatic N) is 1. The Morgan fingerprint density at radius 3 is 2.61 bits per heavy atom. The van der Waals surface area contributed by atoms with Gasteiger partial charge in [-0.25, -0.2) is 0 Å². The van der Waals surface area contributed by atoms with Gasteiger partial charge < -0.3 is 15.5 Å². The molecular formula is C13H25N3O2. The normalized spacial score (nSPS) is 19.7. The van der Waals surface area contributed by atoms with Crippen LogP contribution in [0.2, 0.25) is 0 Å². The van der Waals surface area contributed by atoms with Crippen LogP contribution in [0, 0.1) is 0 Å². The van der Waals surface area contributed by atoms with Crippen molar-refractivity contribution in [1.29, 1.82) is 0 Å². The highest BCUT2D eigenvalue weighted by atomic mass is 16.2. The van der Waals surface area contributed by atoms with Crippen LogP contribution in [0.25, 0.3) is 0 Å². The summed E-state index contributed by atoms with van der Waals surface area (Å²) in [7, 11) is 0. The Balaban J connectivity index is 2.48. The van der Waals surface area contributed by atoms with Gasteiger partial charge in [-0.1, -0.05) is 6.42 Å². The number of hydrogen-bond acceptors (Lipinski definition) is 3. The molecule has 1 heterocycles. The number of piperidine rings is 1. The number of carbonyl (C=O) groups is 2. The van der Waals surface area contributed by atoms with Crippen molar-refractivity contribution in [2.24, 2.45) is 0 Å². The van der Waals surface area contributed by atoms with Crippen LogP contribution in [0.15, 0.2) is 0 Å². The van der Waals surface area contributed by atoms with E-state index < -0.39 is 0 Å². The van der Waals surface area contributed by atoms with Crippen molar-refractivity contribution in [1.82, 2.24) is 15.5 Å². The quantitative estimate of drug-likeness (QED) is 0.752. The Labute approximate surface area is 109 Å². The van der Waals surface area contributed by atoms with Crippen LogP contribution in [-0.4, -0.2) is 48.4 Å². The van der Waals surface area contributed by atoms with E-state index in [0.717, 1.165) is 25.8 Å². The van der Waals surface area contributed by atoms with Gasteiger partial charge in [0.05, 0.1) is 12.6 Å². The molecule has 0 aliphatic carbocycles. The lowest BCUT2D eigenvalue weighted by molar-refractivity contribution is -0.138. The second-order valence-electron chi connectivity index (χ2n) is 5.08. The van der Waals surface area contributed by atoms with E-state index in [-0.39, 0.29) is 30.4 Å². The van der Waals surface area contributed by atoms with Crippen molar-refractivity contribution in [3.8, 4) is 0 Å². The third kappa shape index (κ3) is 4.64. The molecule has 1 atom stereocenters. The van der Waals surface area contributed by atoms with E-state index in [2.05, 4.69) is 10.6 Å². The van der Waals surface area contributed by atoms with Gasteiger partial charge in [0.15, 0.2) is 0 Å². The molecule has 0 aromatic heterocycles. The highest BCUT2D eigenvalue weighted by Gasteiger charge is 2.25. The van der Waals surface area contributed by atoms with E-state index in [4.69, 9.17) is 0 Å². The number of hydrogen-bond donors (Lipinski definition) is 2. The SMILES string of the molecule is CCN(CC(=O)NC(C)C)C(=O)C1CCCCN1. The minimum atomic E-state index is -0.106. The Morgan fingerprint density at radius 1 is 1.39 bits per heavy atom. The molecule has 1 unspecified atom stereocenters. The van der Waals surface area contributed by atoms with Crippen LogP contribution < -0.4 is 10.6 Å². The third-order valence-corrected chi connectivity index (χ3v) is 3.09. The first-order chi connectivity index (χ1) is 8.54. The van der Waals surface area contributed by atoms with Crippen LogP contribution >= 0.6 is 0 Å². The molecule has 2 N–H and O–H groups in total. The van der Waals surface area contributed by atoms with E-state index >= 15 is 0 Å². The average molecular weight is 255 g/mol. The molecule has 0 bridgehead atoms. The first-order valence-electron chi connectivity index (χ1n) is 6.86. The summed E-state index contributed by atoms with van der Waals surface area (Å²) in [5, 5.41) is 6.04. The molecule has 18 heavy (non-hydrogen) atoms. The van der Waals surface area contributed by atoms with Gasteiger partial charge in [0.2, 0.25) is 11.8 Å². The predicted molar refractivity (Wildman–Crippen MR) is 71.2 cm³/mol. The zero-order chi connectivity index (χ0) is 13.5. The van der Waals surface area contributed by atoms with Crippen LogP contribution in [0.5, 0.6) is 0 Å². The number of amides is 2. The summed E-state index contributed by atoms with van der Waals surface area (Å²) in [6.45, 7) is 7.36. The van der Waals surface area contributed by atoms with Crippen molar-refractivity contribution < 1.29 is 9.59 Å². The summed E-state index contributed by atoms with van der Waals surface area (Å²) in [6.07, 6.45) is 3.09. The highest BCUT2D eigenvalue weighted by Crippen LogP contribution is 2.09. The van der Waals surface area contributed by atoms with E-state index in [9.17, 15) is 9.59 Å². The fourth-order valence-corrected chi connectivity index (χ4v) is 2.17. The molecular weight excluding hydrogens is 230 g/mol. The fourth-order valence-electron chi connectivity index (χ4n) is 2.17. The number of rotatable bonds is 5. The molecule has 0 saturated carbocycles. The van der Waals surface area contributed by atoms with Crippen LogP contribution in [0.1, 0.15) is 40.0 Å². The molecule has 2 amide bonds. The first-order valence-corrected chi connectivity index (χ1v) is 6.86. The van der Waals surface area contributed by atoms with Gasteiger partial charge >= 0.3 is 0 Å². The maximum Gasteiger partial charge on any atom is 0.240 e. The van der Waals surface area contributed by atoms with E-state index in [1.165, 1.54) is 0 Å². The standard InChI is InChI=1S/C13H25N3O2/c1-4-16(9-12(17)15-10(2)3)13(18)11-7-5-6-8-14-11/h10-11,14H,4-9H2,1-3H3,(H,15,17). The molecule has 1 saturated heterocycles. The van der Waals surface area contributed by atoms with Gasteiger partial charge in [-0.3, -0.25) is 9.59 Å². The Kier molecular flexibility index (Phi) is 6.12. The zero-order valence-corrected chi connectivity index (χ0v) is 11.7. The summed E-state index contributed by atoms with van der Waals surface area (Å²) in [5.41, 5.74) is 0. The molecule has 0 radical (unpaired) electrons. The lowest BCUT2D eigenvalue weighted by Gasteiger charge is -2.29. The van der Waals surface area contributed by atoms with Gasteiger partial charge in [-0.2, -0.15) is 0 Å². The largest absolute Gasteiger partial charge is 0.352 e. The third-order valence-electron chi connectivity index (χ3n) is 3.09. The Bertz CT molecular complexity index is 286. The minimum Gasteiger partial charge on any atom is -0.352 e. The highest BCUT2D eigenvalue weighted by molar-refractivity contribution is 5.87. The maximum atomic E-state index is 12.2. The zero-order valence-electron chi connectivity index (χ0n) is 11.7. The lowest BCUT2D eigenvalue weighted by Crippen LogP contribution is -2.51. The summed E-state index contributed by atoms with van der Waals surface area (Å²) in [5.74, 6) is -0.0351. The summed E-state index contributed by atoms with van der Waals surface area (Å²) in [4.78, 5) is 25.5. The van der Waals surface area contributed by atoms with Crippen molar-refractivity contribution in [2.75, 3.05) is 19.6 Å². The molecule has 0 spiro atoms. The summed E-state index contributed by atoms with van der Waals surface area (Å²) >= 11 is 0. The fraction of sp³-hybridized carbons (Fsp3) is 0.846. The molecule has 104 valence electrons. The Hall–Kier alpha value is -1.10. The molecule has 0 aromatic carbocycles. The number of likely N-dealkylation sites (N-methyl/N-ethyl adjacent to an activating group) is 1. The van der Waals surface area contributed by atoms with Crippen molar-refractivity contribution in [3.63, 3.8) is 0 Å². The van der Waals surface area contributed by atoms with Crippen LogP contribution in [-0.2, 0) is 9.59 Å². The topological polar surface area (TPSA) is 61.4 Å². The van der Waals surface area contributed by atoms with Gasteiger partial charge in [0, 0.05) is 12.6 Å². The molecule has 1 aliphatic rings. The van der Waals surface area contributed by atoms with E-state index in [1.54, 1.807) is 4.90 Å². The van der Waals surface area contributed by atoms with Gasteiger partial charge in [-0.05, 0) is 40.2 Å². The maximum absolute atomic E-state index is 12.2. The monoisotopic (exact) mass is 255 g/mol. The van der Waals surface area contributed by atoms with Crippen LogP contribution in [0.4, 0.5) is 0 Å². The predicted octanol–water partition coefficient (Wildman–Crippen LogP) is 0.502. The lowest BCUT2D eigenvalue weighted by atomic mass is 10.0. The smallest absolute Gasteiger partial charge is 0.240 e. The summed E-state index contributed by atoms with van der Waals surface area (Å²) in [6, 6.07) is 0.00432. The van der Waals surface area contributed by atoms with Crippen LogP contribution in [0.3, 0.4) is 0 Å². The van der Waals surface area contributed by atoms with Gasteiger partial charge in [0.1, 0.15) is 0 Å². The average Bonchev–Trinajstić information content (AvgIpc) is 2.35. The second-order valence-corrected chi connectivity index (χ2v) is 5.08. The molecule has 5 nitrogen and oxygen atoms in total. The molecule has 1 rings (SSSR count). The van der Waals surface area contributed by atoms with E-state index in [0.29, 0.717) is 6.54 Å².